The lowest BCUT2D eigenvalue weighted by molar-refractivity contribution is 0.404. The molecule has 0 bridgehead atoms. The molecule has 0 fully saturated rings. The molecule has 112 valence electrons. The smallest absolute Gasteiger partial charge is 0.125 e. The predicted molar refractivity (Wildman–Crippen MR) is 86.2 cm³/mol. The summed E-state index contributed by atoms with van der Waals surface area (Å²) in [6, 6.07) is 13.5. The number of nitrogens with two attached hydrogens (primary N) is 1. The second kappa shape index (κ2) is 7.34. The molecule has 0 saturated carbocycles. The van der Waals surface area contributed by atoms with Gasteiger partial charge in [0.1, 0.15) is 11.5 Å². The molecule has 0 aliphatic rings. The highest BCUT2D eigenvalue weighted by Gasteiger charge is 2.12. The highest BCUT2D eigenvalue weighted by molar-refractivity contribution is 6.30. The van der Waals surface area contributed by atoms with Crippen molar-refractivity contribution in [2.45, 2.75) is 18.9 Å². The van der Waals surface area contributed by atoms with Crippen LogP contribution in [0.5, 0.6) is 11.5 Å². The zero-order chi connectivity index (χ0) is 15.2. The lowest BCUT2D eigenvalue weighted by atomic mass is 9.99. The first-order valence-corrected chi connectivity index (χ1v) is 7.23. The minimum absolute atomic E-state index is 0.0840. The zero-order valence-corrected chi connectivity index (χ0v) is 13.1. The van der Waals surface area contributed by atoms with Gasteiger partial charge in [0.2, 0.25) is 0 Å². The van der Waals surface area contributed by atoms with Crippen molar-refractivity contribution in [1.82, 2.24) is 0 Å². The van der Waals surface area contributed by atoms with Crippen LogP contribution in [0.3, 0.4) is 0 Å². The molecule has 1 unspecified atom stereocenters. The summed E-state index contributed by atoms with van der Waals surface area (Å²) in [6.07, 6.45) is 1.74. The molecule has 21 heavy (non-hydrogen) atoms. The molecule has 1 atom stereocenters. The van der Waals surface area contributed by atoms with Crippen molar-refractivity contribution in [3.8, 4) is 11.5 Å². The van der Waals surface area contributed by atoms with Gasteiger partial charge in [-0.2, -0.15) is 0 Å². The van der Waals surface area contributed by atoms with E-state index in [1.54, 1.807) is 20.3 Å². The highest BCUT2D eigenvalue weighted by Crippen LogP contribution is 2.29. The molecular weight excluding hydrogens is 286 g/mol. The minimum Gasteiger partial charge on any atom is -0.497 e. The second-order valence-electron chi connectivity index (χ2n) is 4.88. The van der Waals surface area contributed by atoms with E-state index in [0.29, 0.717) is 5.02 Å². The van der Waals surface area contributed by atoms with Crippen molar-refractivity contribution in [3.05, 3.63) is 58.6 Å². The molecule has 0 amide bonds. The Balaban J connectivity index is 2.02. The summed E-state index contributed by atoms with van der Waals surface area (Å²) in [5.74, 6) is 1.60. The van der Waals surface area contributed by atoms with E-state index in [4.69, 9.17) is 26.8 Å². The lowest BCUT2D eigenvalue weighted by Gasteiger charge is -2.16. The van der Waals surface area contributed by atoms with Gasteiger partial charge in [-0.15, -0.1) is 0 Å². The number of hydrogen-bond acceptors (Lipinski definition) is 3. The number of halogens is 1. The molecule has 2 aromatic rings. The normalized spacial score (nSPS) is 12.0. The predicted octanol–water partition coefficient (Wildman–Crippen LogP) is 3.99. The molecule has 0 heterocycles. The SMILES string of the molecule is COc1ccc(CCC(N)c2ccc(Cl)cc2OC)cc1. The van der Waals surface area contributed by atoms with Crippen LogP contribution < -0.4 is 15.2 Å². The third-order valence-electron chi connectivity index (χ3n) is 3.50. The summed E-state index contributed by atoms with van der Waals surface area (Å²) in [7, 11) is 3.29. The zero-order valence-electron chi connectivity index (χ0n) is 12.3. The van der Waals surface area contributed by atoms with Gasteiger partial charge in [-0.3, -0.25) is 0 Å². The number of rotatable bonds is 6. The number of ether oxygens (including phenoxy) is 2. The molecular formula is C17H20ClNO2. The molecule has 2 rings (SSSR count). The average Bonchev–Trinajstić information content (AvgIpc) is 2.52. The van der Waals surface area contributed by atoms with Crippen LogP contribution in [0, 0.1) is 0 Å². The first-order chi connectivity index (χ1) is 10.1. The fraction of sp³-hybridized carbons (Fsp3) is 0.294. The van der Waals surface area contributed by atoms with Crippen LogP contribution in [0.4, 0.5) is 0 Å². The first-order valence-electron chi connectivity index (χ1n) is 6.86. The maximum absolute atomic E-state index is 6.28. The van der Waals surface area contributed by atoms with Crippen molar-refractivity contribution < 1.29 is 9.47 Å². The molecule has 0 aliphatic carbocycles. The van der Waals surface area contributed by atoms with E-state index in [1.165, 1.54) is 5.56 Å². The summed E-state index contributed by atoms with van der Waals surface area (Å²) in [6.45, 7) is 0. The molecule has 0 aromatic heterocycles. The summed E-state index contributed by atoms with van der Waals surface area (Å²) in [4.78, 5) is 0. The molecule has 2 aromatic carbocycles. The maximum Gasteiger partial charge on any atom is 0.125 e. The van der Waals surface area contributed by atoms with Gasteiger partial charge in [0.25, 0.3) is 0 Å². The first kappa shape index (κ1) is 15.7. The number of benzene rings is 2. The van der Waals surface area contributed by atoms with Gasteiger partial charge in [0, 0.05) is 16.6 Å². The number of aryl methyl sites for hydroxylation is 1. The Hall–Kier alpha value is -1.71. The molecule has 2 N–H and O–H groups in total. The summed E-state index contributed by atoms with van der Waals surface area (Å²) < 4.78 is 10.5. The van der Waals surface area contributed by atoms with Gasteiger partial charge in [0.15, 0.2) is 0 Å². The van der Waals surface area contributed by atoms with Gasteiger partial charge in [-0.25, -0.2) is 0 Å². The highest BCUT2D eigenvalue weighted by atomic mass is 35.5. The van der Waals surface area contributed by atoms with Crippen molar-refractivity contribution in [2.75, 3.05) is 14.2 Å². The van der Waals surface area contributed by atoms with E-state index >= 15 is 0 Å². The van der Waals surface area contributed by atoms with Crippen LogP contribution in [0.2, 0.25) is 5.02 Å². The number of hydrogen-bond donors (Lipinski definition) is 1. The van der Waals surface area contributed by atoms with Crippen molar-refractivity contribution in [3.63, 3.8) is 0 Å². The maximum atomic E-state index is 6.28. The van der Waals surface area contributed by atoms with Gasteiger partial charge in [-0.1, -0.05) is 29.8 Å². The van der Waals surface area contributed by atoms with Crippen molar-refractivity contribution >= 4 is 11.6 Å². The Kier molecular flexibility index (Phi) is 5.48. The lowest BCUT2D eigenvalue weighted by Crippen LogP contribution is -2.12. The summed E-state index contributed by atoms with van der Waals surface area (Å²) in [5.41, 5.74) is 8.49. The largest absolute Gasteiger partial charge is 0.497 e. The van der Waals surface area contributed by atoms with Gasteiger partial charge >= 0.3 is 0 Å². The van der Waals surface area contributed by atoms with Gasteiger partial charge in [-0.05, 0) is 42.7 Å². The standard InChI is InChI=1S/C17H20ClNO2/c1-20-14-7-3-12(4-8-14)5-10-16(19)15-9-6-13(18)11-17(15)21-2/h3-4,6-9,11,16H,5,10,19H2,1-2H3. The van der Waals surface area contributed by atoms with Crippen LogP contribution >= 0.6 is 11.6 Å². The van der Waals surface area contributed by atoms with E-state index in [-0.39, 0.29) is 6.04 Å². The molecule has 0 spiro atoms. The number of methoxy groups -OCH3 is 2. The van der Waals surface area contributed by atoms with Crippen LogP contribution in [-0.4, -0.2) is 14.2 Å². The third-order valence-corrected chi connectivity index (χ3v) is 3.73. The van der Waals surface area contributed by atoms with Crippen molar-refractivity contribution in [1.29, 1.82) is 0 Å². The Morgan fingerprint density at radius 2 is 1.76 bits per heavy atom. The Morgan fingerprint density at radius 3 is 2.38 bits per heavy atom. The van der Waals surface area contributed by atoms with Crippen LogP contribution in [0.15, 0.2) is 42.5 Å². The summed E-state index contributed by atoms with van der Waals surface area (Å²) in [5, 5.41) is 0.651. The molecule has 0 aliphatic heterocycles. The summed E-state index contributed by atoms with van der Waals surface area (Å²) >= 11 is 5.97. The van der Waals surface area contributed by atoms with E-state index in [9.17, 15) is 0 Å². The Bertz CT molecular complexity index is 584. The van der Waals surface area contributed by atoms with Crippen LogP contribution in [0.25, 0.3) is 0 Å². The Labute approximate surface area is 130 Å². The molecule has 0 saturated heterocycles. The quantitative estimate of drug-likeness (QED) is 0.877. The minimum atomic E-state index is -0.0840. The average molecular weight is 306 g/mol. The van der Waals surface area contributed by atoms with E-state index in [1.807, 2.05) is 24.3 Å². The van der Waals surface area contributed by atoms with E-state index < -0.39 is 0 Å². The monoisotopic (exact) mass is 305 g/mol. The van der Waals surface area contributed by atoms with Gasteiger partial charge < -0.3 is 15.2 Å². The van der Waals surface area contributed by atoms with Crippen LogP contribution in [-0.2, 0) is 6.42 Å². The second-order valence-corrected chi connectivity index (χ2v) is 5.32. The van der Waals surface area contributed by atoms with E-state index in [0.717, 1.165) is 29.9 Å². The topological polar surface area (TPSA) is 44.5 Å². The molecule has 3 nitrogen and oxygen atoms in total. The van der Waals surface area contributed by atoms with Crippen LogP contribution in [0.1, 0.15) is 23.6 Å². The Morgan fingerprint density at radius 1 is 1.05 bits per heavy atom. The van der Waals surface area contributed by atoms with Gasteiger partial charge in [0.05, 0.1) is 14.2 Å². The van der Waals surface area contributed by atoms with Crippen molar-refractivity contribution in [2.24, 2.45) is 5.73 Å². The molecule has 4 heteroatoms. The third kappa shape index (κ3) is 4.13. The molecule has 0 radical (unpaired) electrons. The fourth-order valence-electron chi connectivity index (χ4n) is 2.26. The van der Waals surface area contributed by atoms with E-state index in [2.05, 4.69) is 12.1 Å². The fourth-order valence-corrected chi connectivity index (χ4v) is 2.42.